The Kier molecular flexibility index (Phi) is 3.98. The van der Waals surface area contributed by atoms with E-state index in [9.17, 15) is 0 Å². The van der Waals surface area contributed by atoms with Crippen molar-refractivity contribution >= 4 is 0 Å². The highest BCUT2D eigenvalue weighted by atomic mass is 16.3. The van der Waals surface area contributed by atoms with E-state index in [0.29, 0.717) is 0 Å². The first kappa shape index (κ1) is 6.88. The second-order valence-electron chi connectivity index (χ2n) is 1.38. The van der Waals surface area contributed by atoms with Crippen molar-refractivity contribution in [3.8, 4) is 0 Å². The summed E-state index contributed by atoms with van der Waals surface area (Å²) in [5, 5.41) is 10.8. The Balaban J connectivity index is 2.83. The van der Waals surface area contributed by atoms with Gasteiger partial charge in [-0.2, -0.15) is 0 Å². The molecule has 0 heterocycles. The summed E-state index contributed by atoms with van der Waals surface area (Å²) in [7, 11) is 0. The Labute approximate surface area is 43.5 Å². The maximum atomic E-state index is 8.18. The molecule has 0 radical (unpaired) electrons. The molecule has 0 saturated carbocycles. The van der Waals surface area contributed by atoms with Gasteiger partial charge >= 0.3 is 0 Å². The zero-order valence-electron chi connectivity index (χ0n) is 4.52. The van der Waals surface area contributed by atoms with Crippen LogP contribution in [0.3, 0.4) is 0 Å². The molecule has 0 aromatic heterocycles. The number of aliphatic hydroxyl groups is 1. The van der Waals surface area contributed by atoms with Crippen molar-refractivity contribution < 1.29 is 5.11 Å². The average molecular weight is 104 g/mol. The van der Waals surface area contributed by atoms with Crippen LogP contribution in [-0.2, 0) is 0 Å². The monoisotopic (exact) mass is 104 g/mol. The lowest BCUT2D eigenvalue weighted by molar-refractivity contribution is 0.240. The van der Waals surface area contributed by atoms with Crippen LogP contribution in [0.1, 0.15) is 13.3 Å². The van der Waals surface area contributed by atoms with Gasteiger partial charge in [0, 0.05) is 0 Å². The van der Waals surface area contributed by atoms with E-state index in [1.165, 1.54) is 0 Å². The molecular formula is C4H12N2O. The number of nitrogens with one attached hydrogen (secondary N) is 1. The molecule has 0 aliphatic heterocycles. The van der Waals surface area contributed by atoms with Crippen LogP contribution in [0, 0.1) is 0 Å². The molecule has 44 valence electrons. The predicted octanol–water partition coefficient (Wildman–Crippen LogP) is -0.779. The molecule has 0 rings (SSSR count). The molecule has 0 aliphatic carbocycles. The van der Waals surface area contributed by atoms with Crippen molar-refractivity contribution in [2.24, 2.45) is 5.73 Å². The largest absolute Gasteiger partial charge is 0.381 e. The summed E-state index contributed by atoms with van der Waals surface area (Å²) in [6.07, 6.45) is 0.797. The summed E-state index contributed by atoms with van der Waals surface area (Å²) in [5.41, 5.74) is 5.31. The lowest BCUT2D eigenvalue weighted by Crippen LogP contribution is -2.36. The van der Waals surface area contributed by atoms with E-state index in [4.69, 9.17) is 10.8 Å². The van der Waals surface area contributed by atoms with Gasteiger partial charge in [0.05, 0.1) is 12.9 Å². The lowest BCUT2D eigenvalue weighted by atomic mass is 10.4. The second kappa shape index (κ2) is 4.05. The molecule has 0 aliphatic rings. The number of nitrogens with two attached hydrogens (primary N) is 1. The third-order valence-corrected chi connectivity index (χ3v) is 0.793. The number of rotatable bonds is 3. The van der Waals surface area contributed by atoms with Crippen molar-refractivity contribution in [1.82, 2.24) is 5.32 Å². The highest BCUT2D eigenvalue weighted by molar-refractivity contribution is 4.48. The zero-order valence-corrected chi connectivity index (χ0v) is 4.52. The van der Waals surface area contributed by atoms with Gasteiger partial charge in [-0.1, -0.05) is 6.92 Å². The van der Waals surface area contributed by atoms with Crippen LogP contribution >= 0.6 is 0 Å². The fourth-order valence-corrected chi connectivity index (χ4v) is 0.262. The summed E-state index contributed by atoms with van der Waals surface area (Å²) in [6, 6.07) is 0. The Morgan fingerprint density at radius 2 is 2.43 bits per heavy atom. The maximum Gasteiger partial charge on any atom is 0.0943 e. The fourth-order valence-electron chi connectivity index (χ4n) is 0.262. The Hall–Kier alpha value is -0.120. The van der Waals surface area contributed by atoms with Crippen LogP contribution in [0.25, 0.3) is 0 Å². The molecule has 0 fully saturated rings. The van der Waals surface area contributed by atoms with Crippen LogP contribution < -0.4 is 11.1 Å². The first-order valence-corrected chi connectivity index (χ1v) is 2.41. The smallest absolute Gasteiger partial charge is 0.0943 e. The normalized spacial score (nSPS) is 14.1. The van der Waals surface area contributed by atoms with Gasteiger partial charge < -0.3 is 10.8 Å². The summed E-state index contributed by atoms with van der Waals surface area (Å²) < 4.78 is 0. The van der Waals surface area contributed by atoms with Gasteiger partial charge in [-0.15, -0.1) is 0 Å². The Morgan fingerprint density at radius 3 is 2.57 bits per heavy atom. The highest BCUT2D eigenvalue weighted by Gasteiger charge is 1.90. The highest BCUT2D eigenvalue weighted by Crippen LogP contribution is 1.75. The fraction of sp³-hybridized carbons (Fsp3) is 1.00. The van der Waals surface area contributed by atoms with Crippen molar-refractivity contribution in [3.05, 3.63) is 0 Å². The average Bonchev–Trinajstić information content (AvgIpc) is 1.68. The van der Waals surface area contributed by atoms with E-state index in [-0.39, 0.29) is 12.9 Å². The third kappa shape index (κ3) is 3.72. The molecule has 1 atom stereocenters. The van der Waals surface area contributed by atoms with Crippen LogP contribution in [0.4, 0.5) is 0 Å². The molecule has 4 N–H and O–H groups in total. The van der Waals surface area contributed by atoms with Gasteiger partial charge in [0.2, 0.25) is 0 Å². The van der Waals surface area contributed by atoms with Crippen molar-refractivity contribution in [2.75, 3.05) is 6.73 Å². The second-order valence-corrected chi connectivity index (χ2v) is 1.38. The van der Waals surface area contributed by atoms with Gasteiger partial charge in [0.25, 0.3) is 0 Å². The van der Waals surface area contributed by atoms with E-state index in [1.807, 2.05) is 6.92 Å². The van der Waals surface area contributed by atoms with Gasteiger partial charge in [-0.3, -0.25) is 5.32 Å². The molecule has 0 aromatic rings. The molecule has 0 amide bonds. The number of hydrogen-bond donors (Lipinski definition) is 3. The van der Waals surface area contributed by atoms with Crippen LogP contribution in [0.2, 0.25) is 0 Å². The van der Waals surface area contributed by atoms with Gasteiger partial charge in [0.1, 0.15) is 0 Å². The standard InChI is InChI=1S/C4H12N2O/c1-2-4(5)6-3-7/h4,6-7H,2-3,5H2,1H3. The summed E-state index contributed by atoms with van der Waals surface area (Å²) in [4.78, 5) is 0. The maximum absolute atomic E-state index is 8.18. The molecular weight excluding hydrogens is 92.1 g/mol. The van der Waals surface area contributed by atoms with Crippen LogP contribution in [0.15, 0.2) is 0 Å². The van der Waals surface area contributed by atoms with E-state index in [0.717, 1.165) is 6.42 Å². The molecule has 0 aromatic carbocycles. The number of hydrogen-bond acceptors (Lipinski definition) is 3. The van der Waals surface area contributed by atoms with Gasteiger partial charge in [-0.25, -0.2) is 0 Å². The van der Waals surface area contributed by atoms with Crippen molar-refractivity contribution in [1.29, 1.82) is 0 Å². The molecule has 1 unspecified atom stereocenters. The Bertz CT molecular complexity index is 40.7. The summed E-state index contributed by atoms with van der Waals surface area (Å²) >= 11 is 0. The first-order valence-electron chi connectivity index (χ1n) is 2.41. The van der Waals surface area contributed by atoms with Crippen LogP contribution in [-0.4, -0.2) is 18.0 Å². The quantitative estimate of drug-likeness (QED) is 0.412. The van der Waals surface area contributed by atoms with E-state index < -0.39 is 0 Å². The van der Waals surface area contributed by atoms with Crippen molar-refractivity contribution in [3.63, 3.8) is 0 Å². The minimum Gasteiger partial charge on any atom is -0.381 e. The first-order chi connectivity index (χ1) is 3.31. The van der Waals surface area contributed by atoms with Crippen LogP contribution in [0.5, 0.6) is 0 Å². The molecule has 0 bridgehead atoms. The minimum atomic E-state index is -0.0509. The topological polar surface area (TPSA) is 58.3 Å². The molecule has 0 spiro atoms. The molecule has 0 saturated heterocycles. The van der Waals surface area contributed by atoms with E-state index in [2.05, 4.69) is 5.32 Å². The third-order valence-electron chi connectivity index (χ3n) is 0.793. The van der Waals surface area contributed by atoms with E-state index in [1.54, 1.807) is 0 Å². The zero-order chi connectivity index (χ0) is 5.70. The molecule has 7 heavy (non-hydrogen) atoms. The predicted molar refractivity (Wildman–Crippen MR) is 28.5 cm³/mol. The molecule has 3 heteroatoms. The van der Waals surface area contributed by atoms with Gasteiger partial charge in [0.15, 0.2) is 0 Å². The summed E-state index contributed by atoms with van der Waals surface area (Å²) in [6.45, 7) is 1.92. The minimum absolute atomic E-state index is 0.0327. The molecule has 3 nitrogen and oxygen atoms in total. The SMILES string of the molecule is CCC(N)NCO. The van der Waals surface area contributed by atoms with Gasteiger partial charge in [-0.05, 0) is 6.42 Å². The number of aliphatic hydroxyl groups excluding tert-OH is 1. The van der Waals surface area contributed by atoms with E-state index >= 15 is 0 Å². The lowest BCUT2D eigenvalue weighted by Gasteiger charge is -2.06. The van der Waals surface area contributed by atoms with Crippen molar-refractivity contribution in [2.45, 2.75) is 19.5 Å². The summed E-state index contributed by atoms with van der Waals surface area (Å²) in [5.74, 6) is 0. The Morgan fingerprint density at radius 1 is 1.86 bits per heavy atom.